The fourth-order valence-corrected chi connectivity index (χ4v) is 2.13. The van der Waals surface area contributed by atoms with Crippen LogP contribution in [0.25, 0.3) is 0 Å². The summed E-state index contributed by atoms with van der Waals surface area (Å²) in [6, 6.07) is 6.25. The number of ether oxygens (including phenoxy) is 1. The summed E-state index contributed by atoms with van der Waals surface area (Å²) in [5.74, 6) is 0.628. The molecular formula is C12H14O3S. The van der Waals surface area contributed by atoms with E-state index in [4.69, 9.17) is 4.74 Å². The Balaban J connectivity index is 3.03. The highest BCUT2D eigenvalue weighted by molar-refractivity contribution is 7.94. The zero-order valence-electron chi connectivity index (χ0n) is 9.30. The first-order chi connectivity index (χ1) is 7.45. The lowest BCUT2D eigenvalue weighted by Gasteiger charge is -2.01. The van der Waals surface area contributed by atoms with E-state index in [9.17, 15) is 8.42 Å². The number of allylic oxidation sites excluding steroid dienone is 2. The summed E-state index contributed by atoms with van der Waals surface area (Å²) in [6.07, 6.45) is 1.47. The lowest BCUT2D eigenvalue weighted by atomic mass is 10.3. The molecule has 0 spiro atoms. The van der Waals surface area contributed by atoms with Gasteiger partial charge in [0, 0.05) is 5.41 Å². The van der Waals surface area contributed by atoms with Gasteiger partial charge in [-0.2, -0.15) is 0 Å². The topological polar surface area (TPSA) is 43.4 Å². The van der Waals surface area contributed by atoms with Crippen LogP contribution < -0.4 is 4.74 Å². The summed E-state index contributed by atoms with van der Waals surface area (Å²) >= 11 is 0. The Hall–Kier alpha value is -1.55. The molecule has 0 atom stereocenters. The van der Waals surface area contributed by atoms with Gasteiger partial charge in [0.15, 0.2) is 9.84 Å². The Morgan fingerprint density at radius 3 is 2.31 bits per heavy atom. The third kappa shape index (κ3) is 3.24. The van der Waals surface area contributed by atoms with Crippen molar-refractivity contribution in [2.45, 2.75) is 11.8 Å². The smallest absolute Gasteiger partial charge is 0.199 e. The Kier molecular flexibility index (Phi) is 3.90. The van der Waals surface area contributed by atoms with E-state index in [-0.39, 0.29) is 4.90 Å². The molecule has 0 aromatic heterocycles. The van der Waals surface area contributed by atoms with Gasteiger partial charge in [-0.15, -0.1) is 0 Å². The standard InChI is InChI=1S/C12H14O3S/c1-10(2)8-9-16(13,14)12-6-4-11(15-3)5-7-12/h4-9H,1H2,2-3H3/b9-8+. The SMILES string of the molecule is C=C(C)/C=C/S(=O)(=O)c1ccc(OC)cc1. The number of sulfone groups is 1. The molecule has 86 valence electrons. The molecule has 0 saturated heterocycles. The van der Waals surface area contributed by atoms with Gasteiger partial charge in [0.25, 0.3) is 0 Å². The van der Waals surface area contributed by atoms with Crippen molar-refractivity contribution in [1.29, 1.82) is 0 Å². The molecule has 0 aliphatic carbocycles. The van der Waals surface area contributed by atoms with Crippen molar-refractivity contribution in [3.05, 3.63) is 47.9 Å². The van der Waals surface area contributed by atoms with Gasteiger partial charge in [-0.1, -0.05) is 12.2 Å². The van der Waals surface area contributed by atoms with Crippen LogP contribution in [0.3, 0.4) is 0 Å². The summed E-state index contributed by atoms with van der Waals surface area (Å²) in [5, 5.41) is 1.15. The largest absolute Gasteiger partial charge is 0.497 e. The number of hydrogen-bond donors (Lipinski definition) is 0. The third-order valence-electron chi connectivity index (χ3n) is 1.92. The van der Waals surface area contributed by atoms with E-state index in [0.717, 1.165) is 5.41 Å². The van der Waals surface area contributed by atoms with Crippen LogP contribution in [0, 0.1) is 0 Å². The summed E-state index contributed by atoms with van der Waals surface area (Å²) in [7, 11) is -1.85. The normalized spacial score (nSPS) is 11.6. The van der Waals surface area contributed by atoms with Crippen molar-refractivity contribution >= 4 is 9.84 Å². The van der Waals surface area contributed by atoms with Crippen LogP contribution in [0.15, 0.2) is 52.8 Å². The molecule has 1 aromatic carbocycles. The second-order valence-corrected chi connectivity index (χ2v) is 5.20. The summed E-state index contributed by atoms with van der Waals surface area (Å²) in [6.45, 7) is 5.34. The zero-order valence-corrected chi connectivity index (χ0v) is 10.1. The number of methoxy groups -OCH3 is 1. The van der Waals surface area contributed by atoms with Gasteiger partial charge in [-0.3, -0.25) is 0 Å². The predicted molar refractivity (Wildman–Crippen MR) is 64.1 cm³/mol. The lowest BCUT2D eigenvalue weighted by Crippen LogP contribution is -1.96. The molecule has 1 aromatic rings. The molecule has 0 aliphatic rings. The maximum absolute atomic E-state index is 11.8. The Morgan fingerprint density at radius 1 is 1.31 bits per heavy atom. The molecule has 3 nitrogen and oxygen atoms in total. The predicted octanol–water partition coefficient (Wildman–Crippen LogP) is 2.56. The number of hydrogen-bond acceptors (Lipinski definition) is 3. The second kappa shape index (κ2) is 4.99. The van der Waals surface area contributed by atoms with Crippen molar-refractivity contribution < 1.29 is 13.2 Å². The van der Waals surface area contributed by atoms with Crippen LogP contribution in [0.2, 0.25) is 0 Å². The molecule has 0 N–H and O–H groups in total. The van der Waals surface area contributed by atoms with Gasteiger partial charge in [0.1, 0.15) is 5.75 Å². The van der Waals surface area contributed by atoms with Gasteiger partial charge in [-0.05, 0) is 37.3 Å². The average Bonchev–Trinajstić information content (AvgIpc) is 2.27. The number of benzene rings is 1. The molecule has 16 heavy (non-hydrogen) atoms. The fourth-order valence-electron chi connectivity index (χ4n) is 1.05. The molecule has 0 bridgehead atoms. The maximum Gasteiger partial charge on any atom is 0.199 e. The van der Waals surface area contributed by atoms with E-state index in [1.54, 1.807) is 19.1 Å². The third-order valence-corrected chi connectivity index (χ3v) is 3.34. The minimum atomic E-state index is -3.38. The van der Waals surface area contributed by atoms with Gasteiger partial charge in [0.2, 0.25) is 0 Å². The molecule has 0 aliphatic heterocycles. The Morgan fingerprint density at radius 2 is 1.88 bits per heavy atom. The average molecular weight is 238 g/mol. The Bertz CT molecular complexity index is 496. The first kappa shape index (κ1) is 12.5. The van der Waals surface area contributed by atoms with Crippen LogP contribution >= 0.6 is 0 Å². The van der Waals surface area contributed by atoms with Gasteiger partial charge in [-0.25, -0.2) is 8.42 Å². The minimum absolute atomic E-state index is 0.241. The van der Waals surface area contributed by atoms with Crippen molar-refractivity contribution in [3.63, 3.8) is 0 Å². The first-order valence-electron chi connectivity index (χ1n) is 4.68. The highest BCUT2D eigenvalue weighted by Crippen LogP contribution is 2.17. The summed E-state index contributed by atoms with van der Waals surface area (Å²) in [4.78, 5) is 0.241. The van der Waals surface area contributed by atoms with E-state index in [1.807, 2.05) is 0 Å². The molecule has 0 radical (unpaired) electrons. The first-order valence-corrected chi connectivity index (χ1v) is 6.23. The quantitative estimate of drug-likeness (QED) is 0.757. The highest BCUT2D eigenvalue weighted by atomic mass is 32.2. The van der Waals surface area contributed by atoms with Crippen LogP contribution in [0.1, 0.15) is 6.92 Å². The Labute approximate surface area is 96.0 Å². The highest BCUT2D eigenvalue weighted by Gasteiger charge is 2.09. The van der Waals surface area contributed by atoms with Crippen LogP contribution in [-0.4, -0.2) is 15.5 Å². The molecule has 0 saturated carbocycles. The van der Waals surface area contributed by atoms with Crippen molar-refractivity contribution in [2.75, 3.05) is 7.11 Å². The summed E-state index contributed by atoms with van der Waals surface area (Å²) in [5.41, 5.74) is 0.692. The maximum atomic E-state index is 11.8. The van der Waals surface area contributed by atoms with E-state index >= 15 is 0 Å². The van der Waals surface area contributed by atoms with Crippen molar-refractivity contribution in [2.24, 2.45) is 0 Å². The number of rotatable bonds is 4. The van der Waals surface area contributed by atoms with Crippen LogP contribution in [-0.2, 0) is 9.84 Å². The van der Waals surface area contributed by atoms with E-state index < -0.39 is 9.84 Å². The molecule has 4 heteroatoms. The molecule has 0 heterocycles. The molecule has 1 rings (SSSR count). The van der Waals surface area contributed by atoms with Crippen molar-refractivity contribution in [1.82, 2.24) is 0 Å². The van der Waals surface area contributed by atoms with Crippen molar-refractivity contribution in [3.8, 4) is 5.75 Å². The zero-order chi connectivity index (χ0) is 12.2. The molecular weight excluding hydrogens is 224 g/mol. The van der Waals surface area contributed by atoms with Crippen LogP contribution in [0.5, 0.6) is 5.75 Å². The molecule has 0 amide bonds. The summed E-state index contributed by atoms with van der Waals surface area (Å²) < 4.78 is 28.5. The van der Waals surface area contributed by atoms with Gasteiger partial charge < -0.3 is 4.74 Å². The van der Waals surface area contributed by atoms with E-state index in [1.165, 1.54) is 25.3 Å². The van der Waals surface area contributed by atoms with E-state index in [0.29, 0.717) is 11.3 Å². The second-order valence-electron chi connectivity index (χ2n) is 3.37. The van der Waals surface area contributed by atoms with E-state index in [2.05, 4.69) is 6.58 Å². The minimum Gasteiger partial charge on any atom is -0.497 e. The monoisotopic (exact) mass is 238 g/mol. The fraction of sp³-hybridized carbons (Fsp3) is 0.167. The van der Waals surface area contributed by atoms with Crippen LogP contribution in [0.4, 0.5) is 0 Å². The van der Waals surface area contributed by atoms with Gasteiger partial charge in [0.05, 0.1) is 12.0 Å². The molecule has 0 fully saturated rings. The lowest BCUT2D eigenvalue weighted by molar-refractivity contribution is 0.414. The van der Waals surface area contributed by atoms with Gasteiger partial charge >= 0.3 is 0 Å². The molecule has 0 unspecified atom stereocenters.